The van der Waals surface area contributed by atoms with Crippen LogP contribution < -0.4 is 0 Å². The number of nitrogens with zero attached hydrogens (tertiary/aromatic N) is 1. The number of rotatable bonds is 2. The Balaban J connectivity index is 2.78. The summed E-state index contributed by atoms with van der Waals surface area (Å²) in [5.41, 5.74) is 0.000774. The molecular weight excluding hydrogens is 234 g/mol. The largest absolute Gasteiger partial charge is 0.313 e. The summed E-state index contributed by atoms with van der Waals surface area (Å²) < 4.78 is 0. The molecule has 0 aromatic heterocycles. The topological polar surface area (TPSA) is 40.5 Å². The summed E-state index contributed by atoms with van der Waals surface area (Å²) in [6.45, 7) is 13.4. The Bertz CT molecular complexity index is 318. The monoisotopic (exact) mass is 257 g/mol. The average molecular weight is 257 g/mol. The molecule has 0 unspecified atom stereocenters. The highest BCUT2D eigenvalue weighted by atomic mass is 32.2. The van der Waals surface area contributed by atoms with Gasteiger partial charge in [0, 0.05) is 16.3 Å². The van der Waals surface area contributed by atoms with Crippen LogP contribution in [0.3, 0.4) is 0 Å². The van der Waals surface area contributed by atoms with Crippen molar-refractivity contribution in [3.63, 3.8) is 0 Å². The first-order chi connectivity index (χ1) is 7.56. The van der Waals surface area contributed by atoms with Crippen LogP contribution in [0.5, 0.6) is 0 Å². The van der Waals surface area contributed by atoms with Crippen LogP contribution in [0.25, 0.3) is 0 Å². The van der Waals surface area contributed by atoms with Crippen LogP contribution in [0, 0.1) is 0 Å². The normalized spacial score (nSPS) is 24.6. The minimum Gasteiger partial charge on any atom is -0.313 e. The molecule has 0 amide bonds. The Labute approximate surface area is 108 Å². The van der Waals surface area contributed by atoms with E-state index in [4.69, 9.17) is 0 Å². The highest BCUT2D eigenvalue weighted by Crippen LogP contribution is 2.41. The molecule has 17 heavy (non-hydrogen) atoms. The van der Waals surface area contributed by atoms with Crippen LogP contribution in [0.15, 0.2) is 12.2 Å². The van der Waals surface area contributed by atoms with Crippen molar-refractivity contribution >= 4 is 16.9 Å². The number of carbonyl (C=O) groups excluding carboxylic acids is 1. The van der Waals surface area contributed by atoms with Crippen LogP contribution in [0.2, 0.25) is 0 Å². The van der Waals surface area contributed by atoms with E-state index >= 15 is 0 Å². The van der Waals surface area contributed by atoms with Crippen LogP contribution in [-0.4, -0.2) is 31.7 Å². The zero-order valence-corrected chi connectivity index (χ0v) is 12.2. The van der Waals surface area contributed by atoms with E-state index in [1.807, 2.05) is 27.7 Å². The third kappa shape index (κ3) is 3.33. The first-order valence-electron chi connectivity index (χ1n) is 5.92. The van der Waals surface area contributed by atoms with Crippen molar-refractivity contribution in [2.24, 2.45) is 0 Å². The van der Waals surface area contributed by atoms with Crippen molar-refractivity contribution in [1.29, 1.82) is 0 Å². The lowest BCUT2D eigenvalue weighted by Gasteiger charge is -2.51. The molecule has 0 aromatic carbocycles. The predicted octanol–water partition coefficient (Wildman–Crippen LogP) is 3.23. The molecule has 1 rings (SSSR count). The van der Waals surface area contributed by atoms with E-state index in [1.165, 1.54) is 16.8 Å². The maximum atomic E-state index is 11.7. The SMILES string of the molecule is C=C(C)C(=O)SC1CC(C)(C)N(O)C(C)(C)C1. The molecule has 0 atom stereocenters. The van der Waals surface area contributed by atoms with Gasteiger partial charge in [0.25, 0.3) is 0 Å². The molecule has 1 aliphatic heterocycles. The molecular formula is C13H23NO2S. The van der Waals surface area contributed by atoms with Crippen molar-refractivity contribution in [3.8, 4) is 0 Å². The van der Waals surface area contributed by atoms with E-state index in [1.54, 1.807) is 6.92 Å². The second-order valence-electron chi connectivity index (χ2n) is 6.15. The molecule has 0 bridgehead atoms. The molecule has 1 fully saturated rings. The number of thioether (sulfide) groups is 1. The number of hydrogen-bond acceptors (Lipinski definition) is 4. The Morgan fingerprint density at radius 2 is 1.71 bits per heavy atom. The minimum absolute atomic E-state index is 0.0630. The Hall–Kier alpha value is -0.320. The second-order valence-corrected chi connectivity index (χ2v) is 7.43. The highest BCUT2D eigenvalue weighted by Gasteiger charge is 2.45. The highest BCUT2D eigenvalue weighted by molar-refractivity contribution is 8.14. The maximum absolute atomic E-state index is 11.7. The molecule has 4 heteroatoms. The first kappa shape index (κ1) is 14.7. The summed E-state index contributed by atoms with van der Waals surface area (Å²) >= 11 is 1.36. The molecule has 1 aliphatic rings. The van der Waals surface area contributed by atoms with E-state index < -0.39 is 0 Å². The van der Waals surface area contributed by atoms with Gasteiger partial charge >= 0.3 is 0 Å². The third-order valence-electron chi connectivity index (χ3n) is 3.22. The second kappa shape index (κ2) is 4.75. The van der Waals surface area contributed by atoms with E-state index in [0.717, 1.165) is 12.8 Å². The van der Waals surface area contributed by atoms with E-state index in [0.29, 0.717) is 5.57 Å². The lowest BCUT2D eigenvalue weighted by Crippen LogP contribution is -2.59. The lowest BCUT2D eigenvalue weighted by atomic mass is 9.82. The van der Waals surface area contributed by atoms with Crippen molar-refractivity contribution in [3.05, 3.63) is 12.2 Å². The van der Waals surface area contributed by atoms with E-state index in [2.05, 4.69) is 6.58 Å². The molecule has 98 valence electrons. The Morgan fingerprint density at radius 3 is 2.06 bits per heavy atom. The molecule has 0 spiro atoms. The van der Waals surface area contributed by atoms with Crippen molar-refractivity contribution in [2.45, 2.75) is 63.8 Å². The van der Waals surface area contributed by atoms with Gasteiger partial charge in [-0.15, -0.1) is 0 Å². The molecule has 1 N–H and O–H groups in total. The van der Waals surface area contributed by atoms with Gasteiger partial charge in [0.2, 0.25) is 5.12 Å². The van der Waals surface area contributed by atoms with Gasteiger partial charge in [-0.05, 0) is 53.0 Å². The van der Waals surface area contributed by atoms with Crippen LogP contribution in [0.4, 0.5) is 0 Å². The Kier molecular flexibility index (Phi) is 4.12. The fourth-order valence-electron chi connectivity index (χ4n) is 2.51. The number of carbonyl (C=O) groups is 1. The van der Waals surface area contributed by atoms with Crippen LogP contribution in [-0.2, 0) is 4.79 Å². The zero-order valence-electron chi connectivity index (χ0n) is 11.4. The summed E-state index contributed by atoms with van der Waals surface area (Å²) in [5, 5.41) is 11.9. The van der Waals surface area contributed by atoms with E-state index in [-0.39, 0.29) is 21.4 Å². The van der Waals surface area contributed by atoms with E-state index in [9.17, 15) is 10.0 Å². The summed E-state index contributed by atoms with van der Waals surface area (Å²) in [6, 6.07) is 0. The number of hydrogen-bond donors (Lipinski definition) is 1. The third-order valence-corrected chi connectivity index (χ3v) is 4.45. The standard InChI is InChI=1S/C13H23NO2S/c1-9(2)11(15)17-10-7-12(3,4)14(16)13(5,6)8-10/h10,16H,1,7-8H2,2-6H3. The van der Waals surface area contributed by atoms with Crippen molar-refractivity contribution in [2.75, 3.05) is 0 Å². The van der Waals surface area contributed by atoms with Gasteiger partial charge in [0.05, 0.1) is 0 Å². The first-order valence-corrected chi connectivity index (χ1v) is 6.80. The Morgan fingerprint density at radius 1 is 1.29 bits per heavy atom. The number of hydroxylamine groups is 2. The predicted molar refractivity (Wildman–Crippen MR) is 72.2 cm³/mol. The summed E-state index contributed by atoms with van der Waals surface area (Å²) in [5.74, 6) is 0. The van der Waals surface area contributed by atoms with Crippen LogP contribution >= 0.6 is 11.8 Å². The fraction of sp³-hybridized carbons (Fsp3) is 0.769. The van der Waals surface area contributed by atoms with Gasteiger partial charge in [-0.2, -0.15) is 5.06 Å². The summed E-state index contributed by atoms with van der Waals surface area (Å²) in [4.78, 5) is 11.7. The smallest absolute Gasteiger partial charge is 0.214 e. The summed E-state index contributed by atoms with van der Waals surface area (Å²) in [6.07, 6.45) is 1.60. The van der Waals surface area contributed by atoms with Crippen LogP contribution in [0.1, 0.15) is 47.5 Å². The molecule has 0 aromatic rings. The lowest BCUT2D eigenvalue weighted by molar-refractivity contribution is -0.240. The van der Waals surface area contributed by atoms with Gasteiger partial charge < -0.3 is 5.21 Å². The zero-order chi connectivity index (χ0) is 13.4. The van der Waals surface area contributed by atoms with Gasteiger partial charge in [-0.25, -0.2) is 0 Å². The molecule has 0 saturated carbocycles. The molecule has 3 nitrogen and oxygen atoms in total. The quantitative estimate of drug-likeness (QED) is 0.771. The molecule has 0 radical (unpaired) electrons. The average Bonchev–Trinajstić information content (AvgIpc) is 2.12. The summed E-state index contributed by atoms with van der Waals surface area (Å²) in [7, 11) is 0. The van der Waals surface area contributed by atoms with Gasteiger partial charge in [0.1, 0.15) is 0 Å². The molecule has 1 saturated heterocycles. The number of piperidine rings is 1. The van der Waals surface area contributed by atoms with Crippen molar-refractivity contribution < 1.29 is 10.0 Å². The van der Waals surface area contributed by atoms with Gasteiger partial charge in [-0.3, -0.25) is 4.79 Å². The fourth-order valence-corrected chi connectivity index (χ4v) is 4.00. The van der Waals surface area contributed by atoms with Gasteiger partial charge in [0.15, 0.2) is 0 Å². The maximum Gasteiger partial charge on any atom is 0.214 e. The molecule has 0 aliphatic carbocycles. The minimum atomic E-state index is -0.297. The van der Waals surface area contributed by atoms with Crippen molar-refractivity contribution in [1.82, 2.24) is 5.06 Å². The molecule has 1 heterocycles. The van der Waals surface area contributed by atoms with Gasteiger partial charge in [-0.1, -0.05) is 18.3 Å².